The molecule has 1 N–H and O–H groups in total. The van der Waals surface area contributed by atoms with Crippen molar-refractivity contribution in [3.8, 4) is 0 Å². The first kappa shape index (κ1) is 12.5. The van der Waals surface area contributed by atoms with Crippen LogP contribution in [0.15, 0.2) is 6.07 Å². The number of rotatable bonds is 3. The second kappa shape index (κ2) is 5.16. The highest BCUT2D eigenvalue weighted by atomic mass is 16.6. The van der Waals surface area contributed by atoms with Crippen LogP contribution in [0.4, 0.5) is 5.82 Å². The van der Waals surface area contributed by atoms with Crippen molar-refractivity contribution < 1.29 is 9.72 Å². The van der Waals surface area contributed by atoms with E-state index < -0.39 is 4.92 Å². The van der Waals surface area contributed by atoms with Crippen LogP contribution in [0.2, 0.25) is 0 Å². The Morgan fingerprint density at radius 1 is 1.67 bits per heavy atom. The zero-order chi connectivity index (χ0) is 13.1. The standard InChI is InChI=1S/C11H16N4O3/c1-2-8-5-3-4-6-14(8)11(16)9-7-10(13-12-9)15(17)18/h7-8H,2-6H2,1H3,(H,12,13). The molecule has 1 fully saturated rings. The van der Waals surface area contributed by atoms with Gasteiger partial charge >= 0.3 is 5.82 Å². The van der Waals surface area contributed by atoms with Gasteiger partial charge in [-0.1, -0.05) is 12.0 Å². The van der Waals surface area contributed by atoms with Gasteiger partial charge in [-0.15, -0.1) is 5.10 Å². The average Bonchev–Trinajstić information content (AvgIpc) is 2.87. The fourth-order valence-electron chi connectivity index (χ4n) is 2.35. The van der Waals surface area contributed by atoms with E-state index >= 15 is 0 Å². The second-order valence-corrected chi connectivity index (χ2v) is 4.45. The molecule has 18 heavy (non-hydrogen) atoms. The van der Waals surface area contributed by atoms with Crippen LogP contribution in [0, 0.1) is 10.1 Å². The smallest absolute Gasteiger partial charge is 0.343 e. The van der Waals surface area contributed by atoms with Crippen LogP contribution in [0.3, 0.4) is 0 Å². The molecule has 1 unspecified atom stereocenters. The third-order valence-corrected chi connectivity index (χ3v) is 3.34. The van der Waals surface area contributed by atoms with Crippen LogP contribution in [0.25, 0.3) is 0 Å². The molecule has 0 aliphatic carbocycles. The number of nitro groups is 1. The lowest BCUT2D eigenvalue weighted by Crippen LogP contribution is -2.43. The van der Waals surface area contributed by atoms with Crippen LogP contribution in [-0.4, -0.2) is 38.5 Å². The van der Waals surface area contributed by atoms with Crippen molar-refractivity contribution >= 4 is 11.7 Å². The normalized spacial score (nSPS) is 19.8. The number of H-pyrrole nitrogens is 1. The Morgan fingerprint density at radius 3 is 3.06 bits per heavy atom. The maximum Gasteiger partial charge on any atom is 0.343 e. The van der Waals surface area contributed by atoms with Gasteiger partial charge in [0, 0.05) is 12.6 Å². The molecule has 0 aromatic carbocycles. The van der Waals surface area contributed by atoms with Crippen molar-refractivity contribution in [3.05, 3.63) is 21.9 Å². The fourth-order valence-corrected chi connectivity index (χ4v) is 2.35. The first-order valence-corrected chi connectivity index (χ1v) is 6.14. The molecule has 0 spiro atoms. The average molecular weight is 252 g/mol. The molecule has 1 saturated heterocycles. The van der Waals surface area contributed by atoms with Crippen molar-refractivity contribution in [2.24, 2.45) is 0 Å². The molecule has 0 saturated carbocycles. The molecule has 1 atom stereocenters. The van der Waals surface area contributed by atoms with Crippen LogP contribution < -0.4 is 0 Å². The van der Waals surface area contributed by atoms with Crippen LogP contribution in [0.1, 0.15) is 43.1 Å². The van der Waals surface area contributed by atoms with Gasteiger partial charge in [-0.05, 0) is 30.6 Å². The summed E-state index contributed by atoms with van der Waals surface area (Å²) in [7, 11) is 0. The maximum absolute atomic E-state index is 12.2. The van der Waals surface area contributed by atoms with E-state index in [9.17, 15) is 14.9 Å². The molecule has 1 aliphatic heterocycles. The third-order valence-electron chi connectivity index (χ3n) is 3.34. The van der Waals surface area contributed by atoms with Gasteiger partial charge in [0.05, 0.1) is 6.07 Å². The van der Waals surface area contributed by atoms with E-state index in [2.05, 4.69) is 10.2 Å². The van der Waals surface area contributed by atoms with E-state index in [1.165, 1.54) is 6.07 Å². The molecule has 0 radical (unpaired) electrons. The minimum atomic E-state index is -0.586. The highest BCUT2D eigenvalue weighted by molar-refractivity contribution is 5.93. The van der Waals surface area contributed by atoms with Gasteiger partial charge in [0.2, 0.25) is 0 Å². The first-order valence-electron chi connectivity index (χ1n) is 6.14. The summed E-state index contributed by atoms with van der Waals surface area (Å²) in [5.41, 5.74) is 0.127. The van der Waals surface area contributed by atoms with Gasteiger partial charge in [0.15, 0.2) is 5.69 Å². The number of carbonyl (C=O) groups excluding carboxylic acids is 1. The van der Waals surface area contributed by atoms with Crippen molar-refractivity contribution in [1.82, 2.24) is 15.1 Å². The van der Waals surface area contributed by atoms with E-state index in [1.807, 2.05) is 6.92 Å². The fraction of sp³-hybridized carbons (Fsp3) is 0.636. The van der Waals surface area contributed by atoms with E-state index in [0.29, 0.717) is 6.54 Å². The van der Waals surface area contributed by atoms with E-state index in [4.69, 9.17) is 0 Å². The lowest BCUT2D eigenvalue weighted by molar-refractivity contribution is -0.389. The van der Waals surface area contributed by atoms with E-state index in [1.54, 1.807) is 4.90 Å². The summed E-state index contributed by atoms with van der Waals surface area (Å²) < 4.78 is 0. The molecule has 2 heterocycles. The van der Waals surface area contributed by atoms with Crippen LogP contribution >= 0.6 is 0 Å². The minimum Gasteiger partial charge on any atom is -0.358 e. The number of nitrogens with zero attached hydrogens (tertiary/aromatic N) is 3. The van der Waals surface area contributed by atoms with Gasteiger partial charge in [0.25, 0.3) is 5.91 Å². The number of aromatic amines is 1. The molecule has 1 aromatic rings. The van der Waals surface area contributed by atoms with E-state index in [-0.39, 0.29) is 23.5 Å². The quantitative estimate of drug-likeness (QED) is 0.654. The zero-order valence-electron chi connectivity index (χ0n) is 10.3. The Morgan fingerprint density at radius 2 is 2.44 bits per heavy atom. The number of hydrogen-bond acceptors (Lipinski definition) is 4. The molecule has 7 heteroatoms. The van der Waals surface area contributed by atoms with Gasteiger partial charge in [-0.25, -0.2) is 0 Å². The Labute approximate surface area is 104 Å². The number of hydrogen-bond donors (Lipinski definition) is 1. The Kier molecular flexibility index (Phi) is 3.59. The van der Waals surface area contributed by atoms with Gasteiger partial charge in [-0.2, -0.15) is 0 Å². The number of aromatic nitrogens is 2. The Balaban J connectivity index is 2.15. The SMILES string of the molecule is CCC1CCCCN1C(=O)c1cc([N+](=O)[O-])[nH]n1. The van der Waals surface area contributed by atoms with Crippen LogP contribution in [0.5, 0.6) is 0 Å². The Bertz CT molecular complexity index is 457. The summed E-state index contributed by atoms with van der Waals surface area (Å²) in [5.74, 6) is -0.464. The predicted molar refractivity (Wildman–Crippen MR) is 64.2 cm³/mol. The van der Waals surface area contributed by atoms with Crippen molar-refractivity contribution in [2.45, 2.75) is 38.6 Å². The summed E-state index contributed by atoms with van der Waals surface area (Å²) in [6.07, 6.45) is 4.00. The molecule has 0 bridgehead atoms. The maximum atomic E-state index is 12.2. The highest BCUT2D eigenvalue weighted by Gasteiger charge is 2.29. The van der Waals surface area contributed by atoms with Crippen molar-refractivity contribution in [2.75, 3.05) is 6.54 Å². The summed E-state index contributed by atoms with van der Waals surface area (Å²) in [6.45, 7) is 2.75. The monoisotopic (exact) mass is 252 g/mol. The summed E-state index contributed by atoms with van der Waals surface area (Å²) in [5, 5.41) is 16.5. The topological polar surface area (TPSA) is 92.1 Å². The number of carbonyl (C=O) groups is 1. The molecule has 2 rings (SSSR count). The minimum absolute atomic E-state index is 0.127. The third kappa shape index (κ3) is 2.34. The molecule has 1 amide bonds. The number of piperidine rings is 1. The summed E-state index contributed by atoms with van der Waals surface area (Å²) in [6, 6.07) is 1.42. The number of amides is 1. The summed E-state index contributed by atoms with van der Waals surface area (Å²) >= 11 is 0. The Hall–Kier alpha value is -1.92. The largest absolute Gasteiger partial charge is 0.358 e. The van der Waals surface area contributed by atoms with Gasteiger partial charge < -0.3 is 15.0 Å². The number of nitrogens with one attached hydrogen (secondary N) is 1. The van der Waals surface area contributed by atoms with Crippen LogP contribution in [-0.2, 0) is 0 Å². The lowest BCUT2D eigenvalue weighted by Gasteiger charge is -2.34. The lowest BCUT2D eigenvalue weighted by atomic mass is 9.99. The van der Waals surface area contributed by atoms with E-state index in [0.717, 1.165) is 25.7 Å². The number of likely N-dealkylation sites (tertiary alicyclic amines) is 1. The molecule has 1 aromatic heterocycles. The first-order chi connectivity index (χ1) is 8.63. The second-order valence-electron chi connectivity index (χ2n) is 4.45. The highest BCUT2D eigenvalue weighted by Crippen LogP contribution is 2.22. The molecular formula is C11H16N4O3. The molecule has 7 nitrogen and oxygen atoms in total. The van der Waals surface area contributed by atoms with Crippen molar-refractivity contribution in [3.63, 3.8) is 0 Å². The van der Waals surface area contributed by atoms with Crippen molar-refractivity contribution in [1.29, 1.82) is 0 Å². The molecule has 98 valence electrons. The molecule has 1 aliphatic rings. The van der Waals surface area contributed by atoms with Gasteiger partial charge in [0.1, 0.15) is 0 Å². The summed E-state index contributed by atoms with van der Waals surface area (Å²) in [4.78, 5) is 24.0. The predicted octanol–water partition coefficient (Wildman–Crippen LogP) is 1.72. The van der Waals surface area contributed by atoms with Gasteiger partial charge in [-0.3, -0.25) is 4.79 Å². The molecular weight excluding hydrogens is 236 g/mol. The zero-order valence-corrected chi connectivity index (χ0v) is 10.3.